The lowest BCUT2D eigenvalue weighted by Crippen LogP contribution is -2.31. The molecule has 2 aromatic rings. The van der Waals surface area contributed by atoms with Crippen LogP contribution in [0.25, 0.3) is 0 Å². The molecule has 4 heteroatoms. The van der Waals surface area contributed by atoms with E-state index in [0.717, 1.165) is 23.6 Å². The van der Waals surface area contributed by atoms with Crippen molar-refractivity contribution < 1.29 is 0 Å². The molecule has 2 rings (SSSR count). The molecule has 0 bridgehead atoms. The lowest BCUT2D eigenvalue weighted by molar-refractivity contribution is 0.671. The second-order valence-corrected chi connectivity index (χ2v) is 4.48. The third-order valence-electron chi connectivity index (χ3n) is 2.86. The molecule has 0 radical (unpaired) electrons. The van der Waals surface area contributed by atoms with Crippen LogP contribution in [0.2, 0.25) is 0 Å². The largest absolute Gasteiger partial charge is 0.398 e. The number of benzene rings is 1. The Bertz CT molecular complexity index is 496. The summed E-state index contributed by atoms with van der Waals surface area (Å²) in [6.07, 6.45) is 5.16. The average Bonchev–Trinajstić information content (AvgIpc) is 2.38. The van der Waals surface area contributed by atoms with Crippen molar-refractivity contribution in [3.05, 3.63) is 48.4 Å². The first-order valence-corrected chi connectivity index (χ1v) is 6.04. The molecule has 0 aliphatic heterocycles. The molecule has 0 spiro atoms. The fourth-order valence-corrected chi connectivity index (χ4v) is 1.83. The highest BCUT2D eigenvalue weighted by atomic mass is 15.2. The molecule has 0 atom stereocenters. The summed E-state index contributed by atoms with van der Waals surface area (Å²) in [6.45, 7) is 5.00. The minimum atomic E-state index is 0.335. The van der Waals surface area contributed by atoms with E-state index >= 15 is 0 Å². The van der Waals surface area contributed by atoms with Crippen LogP contribution >= 0.6 is 0 Å². The van der Waals surface area contributed by atoms with Gasteiger partial charge in [-0.2, -0.15) is 0 Å². The number of anilines is 2. The fourth-order valence-electron chi connectivity index (χ4n) is 1.83. The summed E-state index contributed by atoms with van der Waals surface area (Å²) >= 11 is 0. The second kappa shape index (κ2) is 5.49. The van der Waals surface area contributed by atoms with Gasteiger partial charge in [0.2, 0.25) is 0 Å². The van der Waals surface area contributed by atoms with Crippen LogP contribution in [-0.4, -0.2) is 16.0 Å². The molecule has 0 unspecified atom stereocenters. The van der Waals surface area contributed by atoms with Crippen LogP contribution in [-0.2, 0) is 6.54 Å². The van der Waals surface area contributed by atoms with Gasteiger partial charge in [0.1, 0.15) is 5.82 Å². The summed E-state index contributed by atoms with van der Waals surface area (Å²) in [6, 6.07) is 8.24. The van der Waals surface area contributed by atoms with Gasteiger partial charge < -0.3 is 10.6 Å². The van der Waals surface area contributed by atoms with Gasteiger partial charge in [0.05, 0.1) is 6.20 Å². The van der Waals surface area contributed by atoms with Crippen LogP contribution in [0.1, 0.15) is 19.4 Å². The molecule has 18 heavy (non-hydrogen) atoms. The Hall–Kier alpha value is -2.10. The maximum Gasteiger partial charge on any atom is 0.147 e. The standard InChI is InChI=1S/C14H18N4/c1-11(2)18(14-9-16-7-8-17-14)10-12-5-3-4-6-13(12)15/h3-9,11H,10,15H2,1-2H3. The van der Waals surface area contributed by atoms with E-state index in [1.165, 1.54) is 0 Å². The molecule has 0 amide bonds. The van der Waals surface area contributed by atoms with Crippen molar-refractivity contribution in [2.45, 2.75) is 26.4 Å². The van der Waals surface area contributed by atoms with Gasteiger partial charge in [0.25, 0.3) is 0 Å². The highest BCUT2D eigenvalue weighted by molar-refractivity contribution is 5.49. The summed E-state index contributed by atoms with van der Waals surface area (Å²) in [5.74, 6) is 0.871. The zero-order chi connectivity index (χ0) is 13.0. The Morgan fingerprint density at radius 2 is 2.00 bits per heavy atom. The normalized spacial score (nSPS) is 10.6. The van der Waals surface area contributed by atoms with Gasteiger partial charge in [0, 0.05) is 30.7 Å². The zero-order valence-electron chi connectivity index (χ0n) is 10.7. The maximum absolute atomic E-state index is 5.98. The van der Waals surface area contributed by atoms with E-state index in [0.29, 0.717) is 6.04 Å². The van der Waals surface area contributed by atoms with Crippen LogP contribution in [0.4, 0.5) is 11.5 Å². The Morgan fingerprint density at radius 1 is 1.22 bits per heavy atom. The zero-order valence-corrected chi connectivity index (χ0v) is 10.7. The number of nitrogens with two attached hydrogens (primary N) is 1. The van der Waals surface area contributed by atoms with Gasteiger partial charge in [0.15, 0.2) is 0 Å². The SMILES string of the molecule is CC(C)N(Cc1ccccc1N)c1cnccn1. The predicted molar refractivity (Wildman–Crippen MR) is 74.2 cm³/mol. The van der Waals surface area contributed by atoms with E-state index in [1.54, 1.807) is 18.6 Å². The number of nitrogen functional groups attached to an aromatic ring is 1. The van der Waals surface area contributed by atoms with Gasteiger partial charge in [-0.05, 0) is 25.5 Å². The molecule has 94 valence electrons. The molecule has 0 saturated carbocycles. The van der Waals surface area contributed by atoms with Gasteiger partial charge in [-0.1, -0.05) is 18.2 Å². The van der Waals surface area contributed by atoms with Crippen molar-refractivity contribution in [1.29, 1.82) is 0 Å². The molecular weight excluding hydrogens is 224 g/mol. The van der Waals surface area contributed by atoms with Gasteiger partial charge in [-0.15, -0.1) is 0 Å². The van der Waals surface area contributed by atoms with Crippen LogP contribution in [0.3, 0.4) is 0 Å². The van der Waals surface area contributed by atoms with Gasteiger partial charge in [-0.25, -0.2) is 4.98 Å². The number of para-hydroxylation sites is 1. The average molecular weight is 242 g/mol. The first-order chi connectivity index (χ1) is 8.68. The molecule has 4 nitrogen and oxygen atoms in total. The Labute approximate surface area is 107 Å². The lowest BCUT2D eigenvalue weighted by atomic mass is 10.1. The summed E-state index contributed by atoms with van der Waals surface area (Å²) in [5.41, 5.74) is 7.90. The Kier molecular flexibility index (Phi) is 3.77. The third-order valence-corrected chi connectivity index (χ3v) is 2.86. The highest BCUT2D eigenvalue weighted by Crippen LogP contribution is 2.19. The number of nitrogens with zero attached hydrogens (tertiary/aromatic N) is 3. The number of rotatable bonds is 4. The minimum absolute atomic E-state index is 0.335. The van der Waals surface area contributed by atoms with E-state index in [2.05, 4.69) is 28.7 Å². The highest BCUT2D eigenvalue weighted by Gasteiger charge is 2.13. The molecule has 0 fully saturated rings. The molecule has 1 aromatic heterocycles. The van der Waals surface area contributed by atoms with Crippen molar-refractivity contribution in [2.75, 3.05) is 10.6 Å². The summed E-state index contributed by atoms with van der Waals surface area (Å²) in [7, 11) is 0. The van der Waals surface area contributed by atoms with Gasteiger partial charge in [-0.3, -0.25) is 4.98 Å². The van der Waals surface area contributed by atoms with E-state index in [4.69, 9.17) is 5.73 Å². The van der Waals surface area contributed by atoms with Crippen LogP contribution in [0.5, 0.6) is 0 Å². The molecule has 0 aliphatic rings. The number of hydrogen-bond donors (Lipinski definition) is 1. The molecule has 2 N–H and O–H groups in total. The summed E-state index contributed by atoms with van der Waals surface area (Å²) in [5, 5.41) is 0. The summed E-state index contributed by atoms with van der Waals surface area (Å²) < 4.78 is 0. The van der Waals surface area contributed by atoms with Crippen LogP contribution in [0.15, 0.2) is 42.9 Å². The van der Waals surface area contributed by atoms with Crippen molar-refractivity contribution in [2.24, 2.45) is 0 Å². The van der Waals surface area contributed by atoms with E-state index < -0.39 is 0 Å². The first kappa shape index (κ1) is 12.4. The first-order valence-electron chi connectivity index (χ1n) is 6.04. The van der Waals surface area contributed by atoms with Crippen molar-refractivity contribution in [1.82, 2.24) is 9.97 Å². The van der Waals surface area contributed by atoms with Crippen molar-refractivity contribution in [3.8, 4) is 0 Å². The predicted octanol–water partition coefficient (Wildman–Crippen LogP) is 2.47. The van der Waals surface area contributed by atoms with E-state index in [9.17, 15) is 0 Å². The van der Waals surface area contributed by atoms with Crippen molar-refractivity contribution in [3.63, 3.8) is 0 Å². The molecule has 1 aromatic carbocycles. The van der Waals surface area contributed by atoms with E-state index in [-0.39, 0.29) is 0 Å². The number of aromatic nitrogens is 2. The van der Waals surface area contributed by atoms with Crippen LogP contribution in [0, 0.1) is 0 Å². The fraction of sp³-hybridized carbons (Fsp3) is 0.286. The maximum atomic E-state index is 5.98. The third kappa shape index (κ3) is 2.77. The van der Waals surface area contributed by atoms with Gasteiger partial charge >= 0.3 is 0 Å². The Morgan fingerprint density at radius 3 is 2.61 bits per heavy atom. The number of hydrogen-bond acceptors (Lipinski definition) is 4. The second-order valence-electron chi connectivity index (χ2n) is 4.48. The van der Waals surface area contributed by atoms with Crippen LogP contribution < -0.4 is 10.6 Å². The molecule has 1 heterocycles. The van der Waals surface area contributed by atoms with Crippen molar-refractivity contribution >= 4 is 11.5 Å². The Balaban J connectivity index is 2.26. The molecule has 0 saturated heterocycles. The molecule has 0 aliphatic carbocycles. The quantitative estimate of drug-likeness (QED) is 0.837. The molecular formula is C14H18N4. The topological polar surface area (TPSA) is 55.0 Å². The smallest absolute Gasteiger partial charge is 0.147 e. The summed E-state index contributed by atoms with van der Waals surface area (Å²) in [4.78, 5) is 10.6. The minimum Gasteiger partial charge on any atom is -0.398 e. The van der Waals surface area contributed by atoms with E-state index in [1.807, 2.05) is 24.3 Å². The lowest BCUT2D eigenvalue weighted by Gasteiger charge is -2.28. The monoisotopic (exact) mass is 242 g/mol.